The molecule has 2 aromatic rings. The molecule has 0 spiro atoms. The molecule has 0 unspecified atom stereocenters. The molecule has 0 saturated heterocycles. The summed E-state index contributed by atoms with van der Waals surface area (Å²) in [5, 5.41) is 11.4. The van der Waals surface area contributed by atoms with Crippen LogP contribution in [-0.4, -0.2) is 39.4 Å². The molecular formula is C16H14F3N5O2. The van der Waals surface area contributed by atoms with Gasteiger partial charge in [0, 0.05) is 12.7 Å². The molecular weight excluding hydrogens is 351 g/mol. The van der Waals surface area contributed by atoms with Crippen molar-refractivity contribution >= 4 is 23.2 Å². The van der Waals surface area contributed by atoms with Crippen molar-refractivity contribution in [3.05, 3.63) is 42.2 Å². The maximum atomic E-state index is 12.9. The van der Waals surface area contributed by atoms with E-state index in [0.717, 1.165) is 16.9 Å². The minimum Gasteiger partial charge on any atom is -0.326 e. The second-order valence-corrected chi connectivity index (χ2v) is 5.66. The van der Waals surface area contributed by atoms with Crippen LogP contribution in [0.5, 0.6) is 0 Å². The van der Waals surface area contributed by atoms with Crippen LogP contribution in [0.25, 0.3) is 5.69 Å². The lowest BCUT2D eigenvalue weighted by molar-refractivity contribution is -0.142. The third kappa shape index (κ3) is 3.73. The number of hydrogen-bond donors (Lipinski definition) is 1. The van der Waals surface area contributed by atoms with Crippen molar-refractivity contribution in [2.45, 2.75) is 19.0 Å². The maximum Gasteiger partial charge on any atom is 0.433 e. The number of halogens is 3. The van der Waals surface area contributed by atoms with Gasteiger partial charge in [-0.1, -0.05) is 0 Å². The summed E-state index contributed by atoms with van der Waals surface area (Å²) >= 11 is 0. The van der Waals surface area contributed by atoms with Crippen molar-refractivity contribution in [2.24, 2.45) is 5.10 Å². The number of rotatable bonds is 4. The SMILES string of the molecule is CN1N=C(CC(=O)Nc2ccc(-n3nccc3C(F)(F)F)cc2)CC1=O. The second-order valence-electron chi connectivity index (χ2n) is 5.66. The molecule has 2 amide bonds. The van der Waals surface area contributed by atoms with Crippen LogP contribution in [0.3, 0.4) is 0 Å². The Morgan fingerprint density at radius 2 is 1.92 bits per heavy atom. The van der Waals surface area contributed by atoms with Crippen molar-refractivity contribution in [3.8, 4) is 5.69 Å². The molecule has 1 aliphatic rings. The molecule has 7 nitrogen and oxygen atoms in total. The number of aromatic nitrogens is 2. The molecule has 0 saturated carbocycles. The molecule has 26 heavy (non-hydrogen) atoms. The molecule has 1 aromatic heterocycles. The first-order valence-corrected chi connectivity index (χ1v) is 7.58. The number of hydrogen-bond acceptors (Lipinski definition) is 4. The smallest absolute Gasteiger partial charge is 0.326 e. The van der Waals surface area contributed by atoms with Gasteiger partial charge in [-0.15, -0.1) is 0 Å². The first-order valence-electron chi connectivity index (χ1n) is 7.58. The number of carbonyl (C=O) groups excluding carboxylic acids is 2. The largest absolute Gasteiger partial charge is 0.433 e. The average Bonchev–Trinajstić information content (AvgIpc) is 3.15. The number of alkyl halides is 3. The number of nitrogens with zero attached hydrogens (tertiary/aromatic N) is 4. The molecule has 1 aromatic carbocycles. The van der Waals surface area contributed by atoms with Crippen LogP contribution in [0.1, 0.15) is 18.5 Å². The van der Waals surface area contributed by atoms with Gasteiger partial charge in [-0.25, -0.2) is 9.69 Å². The van der Waals surface area contributed by atoms with Crippen LogP contribution in [0.15, 0.2) is 41.6 Å². The van der Waals surface area contributed by atoms with Crippen LogP contribution in [0.2, 0.25) is 0 Å². The minimum absolute atomic E-state index is 0.0325. The summed E-state index contributed by atoms with van der Waals surface area (Å²) in [6.07, 6.45) is -3.38. The summed E-state index contributed by atoms with van der Waals surface area (Å²) in [6.45, 7) is 0. The first-order chi connectivity index (χ1) is 12.2. The maximum absolute atomic E-state index is 12.9. The molecule has 10 heteroatoms. The number of hydrazone groups is 1. The number of amides is 2. The van der Waals surface area contributed by atoms with Gasteiger partial charge in [0.25, 0.3) is 0 Å². The lowest BCUT2D eigenvalue weighted by atomic mass is 10.2. The van der Waals surface area contributed by atoms with Crippen LogP contribution in [-0.2, 0) is 15.8 Å². The van der Waals surface area contributed by atoms with E-state index in [9.17, 15) is 22.8 Å². The number of benzene rings is 1. The van der Waals surface area contributed by atoms with Crippen molar-refractivity contribution in [1.29, 1.82) is 0 Å². The van der Waals surface area contributed by atoms with Gasteiger partial charge in [0.15, 0.2) is 0 Å². The highest BCUT2D eigenvalue weighted by Crippen LogP contribution is 2.30. The van der Waals surface area contributed by atoms with Crippen LogP contribution in [0, 0.1) is 0 Å². The summed E-state index contributed by atoms with van der Waals surface area (Å²) < 4.78 is 39.5. The van der Waals surface area contributed by atoms with E-state index in [1.807, 2.05) is 0 Å². The summed E-state index contributed by atoms with van der Waals surface area (Å²) in [5.74, 6) is -0.550. The third-order valence-corrected chi connectivity index (χ3v) is 3.70. The molecule has 1 aliphatic heterocycles. The van der Waals surface area contributed by atoms with E-state index in [2.05, 4.69) is 15.5 Å². The van der Waals surface area contributed by atoms with E-state index in [1.165, 1.54) is 36.3 Å². The normalized spacial score (nSPS) is 14.5. The van der Waals surface area contributed by atoms with Gasteiger partial charge in [-0.05, 0) is 30.3 Å². The number of nitrogens with one attached hydrogen (secondary N) is 1. The first kappa shape index (κ1) is 17.6. The van der Waals surface area contributed by atoms with Gasteiger partial charge < -0.3 is 5.32 Å². The monoisotopic (exact) mass is 365 g/mol. The number of anilines is 1. The standard InChI is InChI=1S/C16H14F3N5O2/c1-23-15(26)9-11(22-23)8-14(25)21-10-2-4-12(5-3-10)24-13(6-7-20-24)16(17,18)19/h2-7H,8-9H2,1H3,(H,21,25). The fourth-order valence-corrected chi connectivity index (χ4v) is 2.49. The van der Waals surface area contributed by atoms with Crippen molar-refractivity contribution in [1.82, 2.24) is 14.8 Å². The summed E-state index contributed by atoms with van der Waals surface area (Å²) in [7, 11) is 1.51. The topological polar surface area (TPSA) is 79.6 Å². The zero-order chi connectivity index (χ0) is 18.9. The summed E-state index contributed by atoms with van der Waals surface area (Å²) in [5.41, 5.74) is 0.200. The van der Waals surface area contributed by atoms with Gasteiger partial charge in [0.05, 0.1) is 30.4 Å². The highest BCUT2D eigenvalue weighted by atomic mass is 19.4. The van der Waals surface area contributed by atoms with Crippen LogP contribution >= 0.6 is 0 Å². The van der Waals surface area contributed by atoms with Gasteiger partial charge in [0.1, 0.15) is 5.69 Å². The predicted octanol–water partition coefficient (Wildman–Crippen LogP) is 2.44. The highest BCUT2D eigenvalue weighted by Gasteiger charge is 2.35. The average molecular weight is 365 g/mol. The molecule has 0 bridgehead atoms. The van der Waals surface area contributed by atoms with Gasteiger partial charge in [0.2, 0.25) is 11.8 Å². The predicted molar refractivity (Wildman–Crippen MR) is 86.6 cm³/mol. The van der Waals surface area contributed by atoms with Crippen molar-refractivity contribution < 1.29 is 22.8 Å². The van der Waals surface area contributed by atoms with Gasteiger partial charge in [-0.3, -0.25) is 9.59 Å². The summed E-state index contributed by atoms with van der Waals surface area (Å²) in [6, 6.07) is 6.67. The van der Waals surface area contributed by atoms with E-state index in [1.54, 1.807) is 0 Å². The Morgan fingerprint density at radius 1 is 1.23 bits per heavy atom. The Bertz CT molecular complexity index is 871. The van der Waals surface area contributed by atoms with Crippen LogP contribution < -0.4 is 5.32 Å². The molecule has 3 rings (SSSR count). The van der Waals surface area contributed by atoms with E-state index < -0.39 is 11.9 Å². The highest BCUT2D eigenvalue weighted by molar-refractivity contribution is 6.14. The lowest BCUT2D eigenvalue weighted by Gasteiger charge is -2.11. The zero-order valence-electron chi connectivity index (χ0n) is 13.6. The fraction of sp³-hybridized carbons (Fsp3) is 0.250. The molecule has 136 valence electrons. The Balaban J connectivity index is 1.67. The van der Waals surface area contributed by atoms with Gasteiger partial charge >= 0.3 is 6.18 Å². The van der Waals surface area contributed by atoms with E-state index in [0.29, 0.717) is 11.4 Å². The number of carbonyl (C=O) groups is 2. The minimum atomic E-state index is -4.52. The van der Waals surface area contributed by atoms with E-state index in [4.69, 9.17) is 0 Å². The molecule has 0 fully saturated rings. The zero-order valence-corrected chi connectivity index (χ0v) is 13.6. The molecule has 0 radical (unpaired) electrons. The molecule has 0 atom stereocenters. The van der Waals surface area contributed by atoms with E-state index >= 15 is 0 Å². The van der Waals surface area contributed by atoms with E-state index in [-0.39, 0.29) is 30.3 Å². The van der Waals surface area contributed by atoms with Gasteiger partial charge in [-0.2, -0.15) is 23.4 Å². The Kier molecular flexibility index (Phi) is 4.49. The van der Waals surface area contributed by atoms with Crippen molar-refractivity contribution in [2.75, 3.05) is 12.4 Å². The lowest BCUT2D eigenvalue weighted by Crippen LogP contribution is -2.17. The third-order valence-electron chi connectivity index (χ3n) is 3.70. The molecule has 1 N–H and O–H groups in total. The Hall–Kier alpha value is -3.17. The fourth-order valence-electron chi connectivity index (χ4n) is 2.49. The Labute approximate surface area is 146 Å². The molecule has 2 heterocycles. The molecule has 0 aliphatic carbocycles. The summed E-state index contributed by atoms with van der Waals surface area (Å²) in [4.78, 5) is 23.4. The quantitative estimate of drug-likeness (QED) is 0.904. The Morgan fingerprint density at radius 3 is 2.50 bits per heavy atom. The van der Waals surface area contributed by atoms with Crippen LogP contribution in [0.4, 0.5) is 18.9 Å². The second kappa shape index (κ2) is 6.62. The van der Waals surface area contributed by atoms with Crippen molar-refractivity contribution in [3.63, 3.8) is 0 Å².